The van der Waals surface area contributed by atoms with Crippen LogP contribution in [0.1, 0.15) is 61.6 Å². The van der Waals surface area contributed by atoms with E-state index in [4.69, 9.17) is 22.4 Å². The number of hydrogen-bond donors (Lipinski definition) is 0. The van der Waals surface area contributed by atoms with Crippen LogP contribution in [-0.2, 0) is 17.7 Å². The molecule has 0 unspecified atom stereocenters. The molecule has 0 bridgehead atoms. The summed E-state index contributed by atoms with van der Waals surface area (Å²) in [5.41, 5.74) is 0.681. The maximum absolute atomic E-state index is 11.7. The Labute approximate surface area is 186 Å². The van der Waals surface area contributed by atoms with Gasteiger partial charge in [-0.3, -0.25) is 9.36 Å². The first-order valence-corrected chi connectivity index (χ1v) is 15.4. The highest BCUT2D eigenvalue weighted by molar-refractivity contribution is 6.83. The zero-order valence-corrected chi connectivity index (χ0v) is 21.8. The van der Waals surface area contributed by atoms with Gasteiger partial charge in [-0.1, -0.05) is 55.4 Å². The molecule has 0 aromatic carbocycles. The van der Waals surface area contributed by atoms with Gasteiger partial charge in [0.2, 0.25) is 0 Å². The molecule has 8 nitrogen and oxygen atoms in total. The number of ether oxygens (including phenoxy) is 2. The van der Waals surface area contributed by atoms with E-state index >= 15 is 0 Å². The third kappa shape index (κ3) is 3.55. The zero-order valence-electron chi connectivity index (χ0n) is 19.8. The van der Waals surface area contributed by atoms with Crippen molar-refractivity contribution in [3.05, 3.63) is 22.6 Å². The van der Waals surface area contributed by atoms with Crippen LogP contribution in [0.15, 0.2) is 17.1 Å². The molecule has 3 aliphatic heterocycles. The van der Waals surface area contributed by atoms with Gasteiger partial charge in [0.1, 0.15) is 12.2 Å². The fourth-order valence-corrected chi connectivity index (χ4v) is 16.5. The Morgan fingerprint density at radius 2 is 1.58 bits per heavy atom. The van der Waals surface area contributed by atoms with Crippen LogP contribution in [0.3, 0.4) is 0 Å². The average Bonchev–Trinajstić information content (AvgIpc) is 3.16. The molecule has 174 valence electrons. The second-order valence-corrected chi connectivity index (χ2v) is 19.0. The van der Waals surface area contributed by atoms with Crippen molar-refractivity contribution < 1.29 is 22.4 Å². The molecule has 0 spiro atoms. The minimum Gasteiger partial charge on any atom is -0.454 e. The maximum Gasteiger partial charge on any atom is 0.335 e. The lowest BCUT2D eigenvalue weighted by Gasteiger charge is -2.51. The Morgan fingerprint density at radius 1 is 0.968 bits per heavy atom. The van der Waals surface area contributed by atoms with Gasteiger partial charge in [0.15, 0.2) is 12.3 Å². The number of hydrogen-bond acceptors (Lipinski definition) is 7. The molecule has 1 aromatic rings. The van der Waals surface area contributed by atoms with Crippen molar-refractivity contribution >= 4 is 17.1 Å². The monoisotopic (exact) mass is 468 g/mol. The summed E-state index contributed by atoms with van der Waals surface area (Å²) < 4.78 is 35.3. The molecule has 0 aliphatic carbocycles. The Balaban J connectivity index is 1.76. The summed E-state index contributed by atoms with van der Waals surface area (Å²) in [6.07, 6.45) is 0.302. The van der Waals surface area contributed by atoms with Crippen molar-refractivity contribution in [3.8, 4) is 6.01 Å². The molecular formula is C21H36N2O6Si2. The Kier molecular flexibility index (Phi) is 6.02. The van der Waals surface area contributed by atoms with Crippen LogP contribution in [-0.4, -0.2) is 51.6 Å². The first-order chi connectivity index (χ1) is 14.5. The molecule has 10 heteroatoms. The minimum absolute atomic E-state index is 0.223. The summed E-state index contributed by atoms with van der Waals surface area (Å²) in [4.78, 5) is 15.7. The van der Waals surface area contributed by atoms with E-state index in [-0.39, 0.29) is 58.3 Å². The molecule has 31 heavy (non-hydrogen) atoms. The molecule has 1 aromatic heterocycles. The topological polar surface area (TPSA) is 81.0 Å². The van der Waals surface area contributed by atoms with E-state index in [9.17, 15) is 4.79 Å². The van der Waals surface area contributed by atoms with Gasteiger partial charge in [0.25, 0.3) is 5.56 Å². The predicted molar refractivity (Wildman–Crippen MR) is 121 cm³/mol. The smallest absolute Gasteiger partial charge is 0.335 e. The van der Waals surface area contributed by atoms with Gasteiger partial charge in [-0.05, 0) is 22.2 Å². The summed E-state index contributed by atoms with van der Waals surface area (Å²) in [5.74, 6) is 0. The average molecular weight is 469 g/mol. The van der Waals surface area contributed by atoms with Crippen LogP contribution in [0, 0.1) is 0 Å². The van der Waals surface area contributed by atoms with Gasteiger partial charge in [0, 0.05) is 12.3 Å². The molecule has 2 fully saturated rings. The summed E-state index contributed by atoms with van der Waals surface area (Å²) >= 11 is 0. The SMILES string of the molecule is CC(C)[Si]1(C(C)C)OC[C@H]2O[C@@H]3[C@@H](Oc4nc(=O)ccn43)[C@@H]2O[Si](C(C)C)(C(C)C)O1. The van der Waals surface area contributed by atoms with Crippen molar-refractivity contribution in [3.63, 3.8) is 0 Å². The lowest BCUT2D eigenvalue weighted by Crippen LogP contribution is -2.66. The lowest BCUT2D eigenvalue weighted by molar-refractivity contribution is -0.0555. The van der Waals surface area contributed by atoms with Crippen molar-refractivity contribution in [2.45, 2.75) is 102 Å². The van der Waals surface area contributed by atoms with Crippen LogP contribution in [0.4, 0.5) is 0 Å². The van der Waals surface area contributed by atoms with Crippen molar-refractivity contribution in [2.24, 2.45) is 0 Å². The number of fused-ring (bicyclic) bond motifs is 5. The van der Waals surface area contributed by atoms with Crippen molar-refractivity contribution in [1.82, 2.24) is 9.55 Å². The van der Waals surface area contributed by atoms with E-state index < -0.39 is 17.1 Å². The highest BCUT2D eigenvalue weighted by atomic mass is 28.5. The highest BCUT2D eigenvalue weighted by Crippen LogP contribution is 2.50. The molecule has 0 N–H and O–H groups in total. The van der Waals surface area contributed by atoms with Crippen LogP contribution in [0.2, 0.25) is 22.2 Å². The lowest BCUT2D eigenvalue weighted by atomic mass is 10.1. The second kappa shape index (κ2) is 8.07. The predicted octanol–water partition coefficient (Wildman–Crippen LogP) is 3.86. The summed E-state index contributed by atoms with van der Waals surface area (Å²) in [6, 6.07) is 1.71. The van der Waals surface area contributed by atoms with E-state index in [1.54, 1.807) is 10.8 Å². The van der Waals surface area contributed by atoms with Crippen LogP contribution in [0.5, 0.6) is 6.01 Å². The van der Waals surface area contributed by atoms with Crippen LogP contribution >= 0.6 is 0 Å². The Bertz CT molecular complexity index is 858. The Morgan fingerprint density at radius 3 is 2.16 bits per heavy atom. The molecule has 4 heterocycles. The van der Waals surface area contributed by atoms with Gasteiger partial charge in [-0.25, -0.2) is 0 Å². The van der Waals surface area contributed by atoms with Gasteiger partial charge >= 0.3 is 23.1 Å². The molecule has 3 aliphatic rings. The third-order valence-electron chi connectivity index (χ3n) is 6.94. The van der Waals surface area contributed by atoms with Gasteiger partial charge in [-0.2, -0.15) is 4.98 Å². The van der Waals surface area contributed by atoms with Crippen molar-refractivity contribution in [1.29, 1.82) is 0 Å². The van der Waals surface area contributed by atoms with Gasteiger partial charge in [0.05, 0.1) is 6.61 Å². The van der Waals surface area contributed by atoms with Gasteiger partial charge in [-0.15, -0.1) is 0 Å². The maximum atomic E-state index is 11.7. The molecule has 4 atom stereocenters. The van der Waals surface area contributed by atoms with E-state index in [2.05, 4.69) is 60.4 Å². The molecule has 0 amide bonds. The van der Waals surface area contributed by atoms with Crippen LogP contribution in [0.25, 0.3) is 0 Å². The molecule has 0 radical (unpaired) electrons. The fraction of sp³-hybridized carbons (Fsp3) is 0.810. The van der Waals surface area contributed by atoms with Gasteiger partial charge < -0.3 is 22.4 Å². The summed E-state index contributed by atoms with van der Waals surface area (Å²) in [6.45, 7) is 18.0. The quantitative estimate of drug-likeness (QED) is 0.621. The number of aromatic nitrogens is 2. The Hall–Kier alpha value is -1.05. The van der Waals surface area contributed by atoms with E-state index in [1.807, 2.05) is 0 Å². The third-order valence-corrected chi connectivity index (χ3v) is 17.2. The number of nitrogens with zero attached hydrogens (tertiary/aromatic N) is 2. The normalized spacial score (nSPS) is 31.4. The standard InChI is InChI=1S/C21H36N2O6Si2/c1-12(2)30(13(3)4)25-11-16-18(28-31(29-30,14(5)6)15(7)8)19-20(26-16)23-10-9-17(24)22-21(23)27-19/h9-10,12-16,18-20H,11H2,1-8H3/t16-,18-,19+,20-/m1/s1. The summed E-state index contributed by atoms with van der Waals surface area (Å²) in [7, 11) is -5.36. The molecule has 0 saturated carbocycles. The molecule has 2 saturated heterocycles. The van der Waals surface area contributed by atoms with E-state index in [0.29, 0.717) is 6.61 Å². The van der Waals surface area contributed by atoms with Crippen molar-refractivity contribution in [2.75, 3.05) is 6.61 Å². The molecular weight excluding hydrogens is 432 g/mol. The summed E-state index contributed by atoms with van der Waals surface area (Å²) in [5, 5.41) is 0. The number of rotatable bonds is 4. The minimum atomic E-state index is -2.76. The first kappa shape index (κ1) is 23.1. The van der Waals surface area contributed by atoms with E-state index in [1.165, 1.54) is 6.07 Å². The largest absolute Gasteiger partial charge is 0.454 e. The highest BCUT2D eigenvalue weighted by Gasteiger charge is 2.63. The van der Waals surface area contributed by atoms with E-state index in [0.717, 1.165) is 0 Å². The zero-order chi connectivity index (χ0) is 22.7. The fourth-order valence-electron chi connectivity index (χ4n) is 5.27. The second-order valence-electron chi connectivity index (χ2n) is 10.2. The molecule has 4 rings (SSSR count). The van der Waals surface area contributed by atoms with Crippen LogP contribution < -0.4 is 10.3 Å². The first-order valence-electron chi connectivity index (χ1n) is 11.4.